The number of carbonyl (C=O) groups excluding carboxylic acids is 1. The molecule has 0 saturated carbocycles. The Hall–Kier alpha value is -1.92. The predicted octanol–water partition coefficient (Wildman–Crippen LogP) is 1.52. The van der Waals surface area contributed by atoms with Crippen LogP contribution in [0.3, 0.4) is 0 Å². The van der Waals surface area contributed by atoms with Gasteiger partial charge in [-0.1, -0.05) is 30.3 Å². The summed E-state index contributed by atoms with van der Waals surface area (Å²) in [4.78, 5) is 13.3. The Morgan fingerprint density at radius 2 is 2.00 bits per heavy atom. The van der Waals surface area contributed by atoms with Crippen LogP contribution in [0, 0.1) is 11.3 Å². The number of hydrogen-bond donors (Lipinski definition) is 0. The van der Waals surface area contributed by atoms with Gasteiger partial charge in [0.15, 0.2) is 5.78 Å². The van der Waals surface area contributed by atoms with Crippen LogP contribution in [-0.4, -0.2) is 23.8 Å². The van der Waals surface area contributed by atoms with Crippen LogP contribution in [0.15, 0.2) is 42.0 Å². The van der Waals surface area contributed by atoms with Crippen LogP contribution in [-0.2, 0) is 11.3 Å². The van der Waals surface area contributed by atoms with Gasteiger partial charge in [0.2, 0.25) is 0 Å². The summed E-state index contributed by atoms with van der Waals surface area (Å²) in [5.41, 5.74) is 1.71. The highest BCUT2D eigenvalue weighted by Crippen LogP contribution is 2.10. The smallest absolute Gasteiger partial charge is 0.170 e. The molecule has 0 N–H and O–H groups in total. The maximum atomic E-state index is 11.4. The number of carbonyl (C=O) groups is 1. The van der Waals surface area contributed by atoms with Gasteiger partial charge < -0.3 is 0 Å². The number of hydrogen-bond acceptors (Lipinski definition) is 3. The molecule has 0 fully saturated rings. The van der Waals surface area contributed by atoms with E-state index in [9.17, 15) is 4.79 Å². The first kappa shape index (κ1) is 10.6. The van der Waals surface area contributed by atoms with Crippen LogP contribution >= 0.6 is 0 Å². The SMILES string of the molecule is N#CC1=CC(=O)CN(Cc2ccccc2)C1. The largest absolute Gasteiger partial charge is 0.293 e. The Morgan fingerprint density at radius 3 is 2.69 bits per heavy atom. The van der Waals surface area contributed by atoms with Crippen molar-refractivity contribution < 1.29 is 4.79 Å². The fourth-order valence-electron chi connectivity index (χ4n) is 1.82. The molecule has 0 radical (unpaired) electrons. The van der Waals surface area contributed by atoms with Crippen molar-refractivity contribution in [3.05, 3.63) is 47.5 Å². The summed E-state index contributed by atoms with van der Waals surface area (Å²) in [6, 6.07) is 12.0. The minimum atomic E-state index is 0.0127. The molecule has 1 heterocycles. The van der Waals surface area contributed by atoms with Crippen molar-refractivity contribution in [2.45, 2.75) is 6.54 Å². The molecule has 1 aromatic carbocycles. The number of ketones is 1. The third-order valence-electron chi connectivity index (χ3n) is 2.50. The van der Waals surface area contributed by atoms with Crippen LogP contribution in [0.5, 0.6) is 0 Å². The molecule has 0 bridgehead atoms. The average Bonchev–Trinajstić information content (AvgIpc) is 2.29. The number of nitriles is 1. The first-order valence-electron chi connectivity index (χ1n) is 5.18. The number of benzene rings is 1. The molecular formula is C13H12N2O. The number of nitrogens with zero attached hydrogens (tertiary/aromatic N) is 2. The summed E-state index contributed by atoms with van der Waals surface area (Å²) in [7, 11) is 0. The highest BCUT2D eigenvalue weighted by Gasteiger charge is 2.17. The summed E-state index contributed by atoms with van der Waals surface area (Å²) < 4.78 is 0. The van der Waals surface area contributed by atoms with Crippen molar-refractivity contribution in [2.24, 2.45) is 0 Å². The standard InChI is InChI=1S/C13H12N2O/c14-7-12-6-13(16)10-15(9-12)8-11-4-2-1-3-5-11/h1-6H,8-10H2. The maximum absolute atomic E-state index is 11.4. The molecule has 16 heavy (non-hydrogen) atoms. The minimum Gasteiger partial charge on any atom is -0.293 e. The Labute approximate surface area is 94.6 Å². The molecule has 2 rings (SSSR count). The Balaban J connectivity index is 2.06. The van der Waals surface area contributed by atoms with Gasteiger partial charge >= 0.3 is 0 Å². The van der Waals surface area contributed by atoms with E-state index in [2.05, 4.69) is 0 Å². The first-order chi connectivity index (χ1) is 7.78. The van der Waals surface area contributed by atoms with E-state index >= 15 is 0 Å². The van der Waals surface area contributed by atoms with Crippen molar-refractivity contribution in [2.75, 3.05) is 13.1 Å². The van der Waals surface area contributed by atoms with Gasteiger partial charge in [-0.2, -0.15) is 5.26 Å². The van der Waals surface area contributed by atoms with Crippen LogP contribution in [0.4, 0.5) is 0 Å². The molecule has 0 aliphatic carbocycles. The third kappa shape index (κ3) is 2.56. The Kier molecular flexibility index (Phi) is 3.13. The zero-order valence-electron chi connectivity index (χ0n) is 8.89. The number of rotatable bonds is 2. The first-order valence-corrected chi connectivity index (χ1v) is 5.18. The van der Waals surface area contributed by atoms with E-state index in [1.807, 2.05) is 41.3 Å². The molecule has 80 valence electrons. The Morgan fingerprint density at radius 1 is 1.25 bits per heavy atom. The van der Waals surface area contributed by atoms with Gasteiger partial charge in [0.1, 0.15) is 0 Å². The van der Waals surface area contributed by atoms with Crippen LogP contribution in [0.25, 0.3) is 0 Å². The van der Waals surface area contributed by atoms with E-state index in [0.29, 0.717) is 25.2 Å². The highest BCUT2D eigenvalue weighted by molar-refractivity contribution is 5.93. The van der Waals surface area contributed by atoms with E-state index in [1.54, 1.807) is 0 Å². The molecule has 0 spiro atoms. The van der Waals surface area contributed by atoms with Gasteiger partial charge in [-0.25, -0.2) is 0 Å². The molecule has 0 unspecified atom stereocenters. The van der Waals surface area contributed by atoms with E-state index in [-0.39, 0.29) is 5.78 Å². The van der Waals surface area contributed by atoms with Crippen molar-refractivity contribution >= 4 is 5.78 Å². The average molecular weight is 212 g/mol. The second kappa shape index (κ2) is 4.73. The summed E-state index contributed by atoms with van der Waals surface area (Å²) in [5, 5.41) is 8.80. The van der Waals surface area contributed by atoms with Gasteiger partial charge in [0.05, 0.1) is 12.6 Å². The van der Waals surface area contributed by atoms with Crippen molar-refractivity contribution in [3.8, 4) is 6.07 Å². The van der Waals surface area contributed by atoms with Gasteiger partial charge in [-0.05, 0) is 11.6 Å². The lowest BCUT2D eigenvalue weighted by molar-refractivity contribution is -0.116. The molecule has 0 saturated heterocycles. The highest BCUT2D eigenvalue weighted by atomic mass is 16.1. The fraction of sp³-hybridized carbons (Fsp3) is 0.231. The molecule has 1 aromatic rings. The molecule has 0 atom stereocenters. The van der Waals surface area contributed by atoms with Crippen LogP contribution in [0.2, 0.25) is 0 Å². The predicted molar refractivity (Wildman–Crippen MR) is 60.4 cm³/mol. The third-order valence-corrected chi connectivity index (χ3v) is 2.50. The monoisotopic (exact) mass is 212 g/mol. The normalized spacial score (nSPS) is 16.7. The van der Waals surface area contributed by atoms with Crippen LogP contribution in [0.1, 0.15) is 5.56 Å². The molecule has 0 aromatic heterocycles. The molecular weight excluding hydrogens is 200 g/mol. The van der Waals surface area contributed by atoms with E-state index in [1.165, 1.54) is 6.08 Å². The fourth-order valence-corrected chi connectivity index (χ4v) is 1.82. The lowest BCUT2D eigenvalue weighted by Gasteiger charge is -2.23. The lowest BCUT2D eigenvalue weighted by Crippen LogP contribution is -2.34. The summed E-state index contributed by atoms with van der Waals surface area (Å²) in [5.74, 6) is 0.0127. The van der Waals surface area contributed by atoms with Gasteiger partial charge in [0, 0.05) is 18.7 Å². The molecule has 0 amide bonds. The summed E-state index contributed by atoms with van der Waals surface area (Å²) in [6.07, 6.45) is 1.45. The minimum absolute atomic E-state index is 0.0127. The molecule has 1 aliphatic heterocycles. The van der Waals surface area contributed by atoms with E-state index < -0.39 is 0 Å². The van der Waals surface area contributed by atoms with Crippen molar-refractivity contribution in [1.29, 1.82) is 5.26 Å². The second-order valence-electron chi connectivity index (χ2n) is 3.88. The van der Waals surface area contributed by atoms with E-state index in [0.717, 1.165) is 5.56 Å². The van der Waals surface area contributed by atoms with Gasteiger partial charge in [-0.3, -0.25) is 9.69 Å². The molecule has 3 nitrogen and oxygen atoms in total. The Bertz CT molecular complexity index is 457. The maximum Gasteiger partial charge on any atom is 0.170 e. The summed E-state index contributed by atoms with van der Waals surface area (Å²) in [6.45, 7) is 1.68. The lowest BCUT2D eigenvalue weighted by atomic mass is 10.1. The van der Waals surface area contributed by atoms with Gasteiger partial charge in [-0.15, -0.1) is 0 Å². The molecule has 1 aliphatic rings. The second-order valence-corrected chi connectivity index (χ2v) is 3.88. The van der Waals surface area contributed by atoms with Gasteiger partial charge in [0.25, 0.3) is 0 Å². The zero-order valence-corrected chi connectivity index (χ0v) is 8.89. The summed E-state index contributed by atoms with van der Waals surface area (Å²) >= 11 is 0. The quantitative estimate of drug-likeness (QED) is 0.746. The zero-order chi connectivity index (χ0) is 11.4. The topological polar surface area (TPSA) is 44.1 Å². The van der Waals surface area contributed by atoms with Crippen molar-refractivity contribution in [1.82, 2.24) is 4.90 Å². The van der Waals surface area contributed by atoms with Crippen molar-refractivity contribution in [3.63, 3.8) is 0 Å². The van der Waals surface area contributed by atoms with Crippen LogP contribution < -0.4 is 0 Å². The molecule has 3 heteroatoms. The van der Waals surface area contributed by atoms with E-state index in [4.69, 9.17) is 5.26 Å².